The van der Waals surface area contributed by atoms with Crippen molar-refractivity contribution in [3.05, 3.63) is 0 Å². The highest BCUT2D eigenvalue weighted by Gasteiger charge is 2.21. The van der Waals surface area contributed by atoms with Gasteiger partial charge >= 0.3 is 0 Å². The fourth-order valence-electron chi connectivity index (χ4n) is 1.47. The van der Waals surface area contributed by atoms with Gasteiger partial charge in [0.15, 0.2) is 0 Å². The molecule has 2 nitrogen and oxygen atoms in total. The van der Waals surface area contributed by atoms with Crippen LogP contribution in [0.2, 0.25) is 0 Å². The molecule has 1 rings (SSSR count). The van der Waals surface area contributed by atoms with Gasteiger partial charge in [-0.15, -0.1) is 0 Å². The maximum absolute atomic E-state index is 4.02. The van der Waals surface area contributed by atoms with Crippen LogP contribution >= 0.6 is 0 Å². The second kappa shape index (κ2) is 3.04. The lowest BCUT2D eigenvalue weighted by molar-refractivity contribution is 0.303. The molecule has 10 heavy (non-hydrogen) atoms. The minimum atomic E-state index is 0.640. The van der Waals surface area contributed by atoms with Gasteiger partial charge in [0.05, 0.1) is 0 Å². The summed E-state index contributed by atoms with van der Waals surface area (Å²) in [6.45, 7) is 7.80. The van der Waals surface area contributed by atoms with Crippen molar-refractivity contribution < 1.29 is 0 Å². The monoisotopic (exact) mass is 140 g/mol. The Morgan fingerprint density at radius 3 is 2.70 bits per heavy atom. The Hall–Kier alpha value is -0.530. The quantitative estimate of drug-likeness (QED) is 0.586. The molecule has 0 fully saturated rings. The van der Waals surface area contributed by atoms with Crippen molar-refractivity contribution in [2.75, 3.05) is 6.54 Å². The van der Waals surface area contributed by atoms with Crippen molar-refractivity contribution in [2.45, 2.75) is 20.8 Å². The molecule has 0 aromatic carbocycles. The molecule has 0 bridgehead atoms. The molecular weight excluding hydrogens is 124 g/mol. The van der Waals surface area contributed by atoms with E-state index in [0.717, 1.165) is 18.4 Å². The summed E-state index contributed by atoms with van der Waals surface area (Å²) < 4.78 is 0. The topological polar surface area (TPSA) is 24.4 Å². The van der Waals surface area contributed by atoms with Crippen LogP contribution < -0.4 is 5.43 Å². The predicted molar refractivity (Wildman–Crippen MR) is 44.0 cm³/mol. The largest absolute Gasteiger partial charge is 0.310 e. The molecular formula is C8H16N2. The average molecular weight is 140 g/mol. The molecule has 0 aliphatic carbocycles. The number of hydrogen-bond donors (Lipinski definition) is 1. The highest BCUT2D eigenvalue weighted by molar-refractivity contribution is 5.61. The first kappa shape index (κ1) is 7.58. The fraction of sp³-hybridized carbons (Fsp3) is 0.875. The Bertz CT molecular complexity index is 129. The highest BCUT2D eigenvalue weighted by Crippen LogP contribution is 2.20. The number of nitrogens with one attached hydrogen (secondary N) is 1. The molecule has 0 saturated carbocycles. The summed E-state index contributed by atoms with van der Waals surface area (Å²) in [7, 11) is 0. The number of hydrazone groups is 1. The minimum Gasteiger partial charge on any atom is -0.310 e. The van der Waals surface area contributed by atoms with Gasteiger partial charge in [-0.1, -0.05) is 20.8 Å². The van der Waals surface area contributed by atoms with E-state index in [-0.39, 0.29) is 0 Å². The van der Waals surface area contributed by atoms with Crippen LogP contribution in [0.25, 0.3) is 0 Å². The van der Waals surface area contributed by atoms with Gasteiger partial charge in [-0.2, -0.15) is 5.10 Å². The summed E-state index contributed by atoms with van der Waals surface area (Å²) in [6, 6.07) is 0. The van der Waals surface area contributed by atoms with E-state index in [0.29, 0.717) is 5.92 Å². The summed E-state index contributed by atoms with van der Waals surface area (Å²) in [5.41, 5.74) is 3.02. The van der Waals surface area contributed by atoms with Crippen LogP contribution in [0.4, 0.5) is 0 Å². The predicted octanol–water partition coefficient (Wildman–Crippen LogP) is 1.48. The van der Waals surface area contributed by atoms with Crippen LogP contribution in [0.5, 0.6) is 0 Å². The van der Waals surface area contributed by atoms with E-state index in [4.69, 9.17) is 0 Å². The Labute approximate surface area is 62.7 Å². The molecule has 1 heterocycles. The van der Waals surface area contributed by atoms with Crippen LogP contribution in [-0.4, -0.2) is 12.8 Å². The van der Waals surface area contributed by atoms with Crippen molar-refractivity contribution >= 4 is 6.21 Å². The molecule has 2 heteroatoms. The van der Waals surface area contributed by atoms with Crippen LogP contribution in [-0.2, 0) is 0 Å². The third-order valence-electron chi connectivity index (χ3n) is 2.26. The van der Waals surface area contributed by atoms with Crippen molar-refractivity contribution in [3.8, 4) is 0 Å². The molecule has 0 aromatic heterocycles. The lowest BCUT2D eigenvalue weighted by atomic mass is 9.84. The van der Waals surface area contributed by atoms with Crippen LogP contribution in [0, 0.1) is 17.8 Å². The van der Waals surface area contributed by atoms with Gasteiger partial charge in [-0.25, -0.2) is 0 Å². The maximum Gasteiger partial charge on any atom is 0.0366 e. The van der Waals surface area contributed by atoms with E-state index >= 15 is 0 Å². The lowest BCUT2D eigenvalue weighted by Crippen LogP contribution is -2.33. The van der Waals surface area contributed by atoms with E-state index in [1.165, 1.54) is 0 Å². The first-order chi connectivity index (χ1) is 4.72. The highest BCUT2D eigenvalue weighted by atomic mass is 15.3. The number of nitrogens with zero attached hydrogens (tertiary/aromatic N) is 1. The third kappa shape index (κ3) is 1.49. The van der Waals surface area contributed by atoms with E-state index in [1.54, 1.807) is 0 Å². The zero-order valence-corrected chi connectivity index (χ0v) is 6.96. The molecule has 2 atom stereocenters. The fourth-order valence-corrected chi connectivity index (χ4v) is 1.47. The first-order valence-electron chi connectivity index (χ1n) is 3.98. The van der Waals surface area contributed by atoms with E-state index in [9.17, 15) is 0 Å². The molecule has 0 amide bonds. The van der Waals surface area contributed by atoms with Gasteiger partial charge in [0.1, 0.15) is 0 Å². The molecule has 0 spiro atoms. The second-order valence-electron chi connectivity index (χ2n) is 3.41. The summed E-state index contributed by atoms with van der Waals surface area (Å²) in [5.74, 6) is 2.16. The molecule has 0 aromatic rings. The standard InChI is InChI=1S/C8H16N2/c1-6(2)8-5-10-9-4-7(8)3/h4,6-8,10H,5H2,1-3H3. The van der Waals surface area contributed by atoms with E-state index in [1.807, 2.05) is 6.21 Å². The van der Waals surface area contributed by atoms with Gasteiger partial charge in [0.25, 0.3) is 0 Å². The smallest absolute Gasteiger partial charge is 0.0366 e. The van der Waals surface area contributed by atoms with E-state index in [2.05, 4.69) is 31.3 Å². The van der Waals surface area contributed by atoms with Gasteiger partial charge in [-0.05, 0) is 17.8 Å². The zero-order chi connectivity index (χ0) is 7.56. The average Bonchev–Trinajstić information content (AvgIpc) is 1.88. The van der Waals surface area contributed by atoms with Gasteiger partial charge in [0.2, 0.25) is 0 Å². The maximum atomic E-state index is 4.02. The minimum absolute atomic E-state index is 0.640. The van der Waals surface area contributed by atoms with Gasteiger partial charge in [-0.3, -0.25) is 0 Å². The van der Waals surface area contributed by atoms with E-state index < -0.39 is 0 Å². The molecule has 1 N–H and O–H groups in total. The van der Waals surface area contributed by atoms with Crippen molar-refractivity contribution in [1.29, 1.82) is 0 Å². The molecule has 1 aliphatic rings. The molecule has 1 aliphatic heterocycles. The van der Waals surface area contributed by atoms with Crippen LogP contribution in [0.15, 0.2) is 5.10 Å². The second-order valence-corrected chi connectivity index (χ2v) is 3.41. The first-order valence-corrected chi connectivity index (χ1v) is 3.98. The van der Waals surface area contributed by atoms with Gasteiger partial charge in [0, 0.05) is 12.8 Å². The lowest BCUT2D eigenvalue weighted by Gasteiger charge is -2.27. The Kier molecular flexibility index (Phi) is 2.30. The summed E-state index contributed by atoms with van der Waals surface area (Å²) in [4.78, 5) is 0. The molecule has 58 valence electrons. The summed E-state index contributed by atoms with van der Waals surface area (Å²) >= 11 is 0. The Morgan fingerprint density at radius 2 is 2.30 bits per heavy atom. The molecule has 2 unspecified atom stereocenters. The summed E-state index contributed by atoms with van der Waals surface area (Å²) in [6.07, 6.45) is 2.01. The van der Waals surface area contributed by atoms with Crippen molar-refractivity contribution in [1.82, 2.24) is 5.43 Å². The SMILES string of the molecule is CC(C)C1CNN=CC1C. The Balaban J connectivity index is 2.52. The number of hydrogen-bond acceptors (Lipinski definition) is 2. The van der Waals surface area contributed by atoms with Crippen molar-refractivity contribution in [2.24, 2.45) is 22.9 Å². The zero-order valence-electron chi connectivity index (χ0n) is 6.96. The normalized spacial score (nSPS) is 32.4. The van der Waals surface area contributed by atoms with Gasteiger partial charge < -0.3 is 5.43 Å². The Morgan fingerprint density at radius 1 is 1.60 bits per heavy atom. The number of rotatable bonds is 1. The summed E-state index contributed by atoms with van der Waals surface area (Å²) in [5, 5.41) is 4.02. The molecule has 0 radical (unpaired) electrons. The van der Waals surface area contributed by atoms with Crippen LogP contribution in [0.1, 0.15) is 20.8 Å². The van der Waals surface area contributed by atoms with Crippen LogP contribution in [0.3, 0.4) is 0 Å². The van der Waals surface area contributed by atoms with Crippen molar-refractivity contribution in [3.63, 3.8) is 0 Å². The third-order valence-corrected chi connectivity index (χ3v) is 2.26. The molecule has 0 saturated heterocycles.